The third-order valence-electron chi connectivity index (χ3n) is 1.06. The van der Waals surface area contributed by atoms with Crippen molar-refractivity contribution >= 4 is 0 Å². The second kappa shape index (κ2) is 2.64. The van der Waals surface area contributed by atoms with Crippen LogP contribution in [0.1, 0.15) is 6.92 Å². The lowest BCUT2D eigenvalue weighted by molar-refractivity contribution is -0.417. The van der Waals surface area contributed by atoms with E-state index in [1.54, 1.807) is 6.20 Å². The summed E-state index contributed by atoms with van der Waals surface area (Å²) in [5, 5.41) is 4.03. The van der Waals surface area contributed by atoms with Crippen molar-refractivity contribution in [2.45, 2.75) is 19.5 Å². The third kappa shape index (κ3) is 1.85. The highest BCUT2D eigenvalue weighted by molar-refractivity contribution is 4.77. The first-order valence-corrected chi connectivity index (χ1v) is 3.09. The zero-order valence-electron chi connectivity index (χ0n) is 5.62. The summed E-state index contributed by atoms with van der Waals surface area (Å²) in [5.74, 6) is 0. The van der Waals surface area contributed by atoms with E-state index in [-0.39, 0.29) is 0 Å². The molecule has 0 amide bonds. The number of nitrogens with zero attached hydrogens (tertiary/aromatic N) is 2. The molecule has 0 saturated heterocycles. The predicted octanol–water partition coefficient (Wildman–Crippen LogP) is -0.487. The van der Waals surface area contributed by atoms with E-state index in [1.165, 1.54) is 0 Å². The van der Waals surface area contributed by atoms with Crippen molar-refractivity contribution in [1.29, 1.82) is 0 Å². The van der Waals surface area contributed by atoms with E-state index in [4.69, 9.17) is 0 Å². The molecule has 9 heavy (non-hydrogen) atoms. The summed E-state index contributed by atoms with van der Waals surface area (Å²) < 4.78 is 1.89. The second-order valence-electron chi connectivity index (χ2n) is 2.33. The fourth-order valence-corrected chi connectivity index (χ4v) is 0.728. The lowest BCUT2D eigenvalue weighted by Crippen LogP contribution is -2.60. The Morgan fingerprint density at radius 1 is 1.78 bits per heavy atom. The molecule has 0 fully saturated rings. The first-order valence-electron chi connectivity index (χ1n) is 3.09. The molecule has 0 aliphatic rings. The van der Waals surface area contributed by atoms with Crippen LogP contribution in [0.5, 0.6) is 0 Å². The van der Waals surface area contributed by atoms with E-state index in [9.17, 15) is 0 Å². The lowest BCUT2D eigenvalue weighted by atomic mass is 10.4. The Hall–Kier alpha value is -0.830. The molecule has 3 nitrogen and oxygen atoms in total. The van der Waals surface area contributed by atoms with Crippen LogP contribution >= 0.6 is 0 Å². The van der Waals surface area contributed by atoms with Crippen molar-refractivity contribution in [2.24, 2.45) is 0 Å². The first-order chi connectivity index (χ1) is 4.29. The van der Waals surface area contributed by atoms with Crippen LogP contribution < -0.4 is 5.73 Å². The topological polar surface area (TPSA) is 45.5 Å². The minimum absolute atomic E-state index is 0.435. The second-order valence-corrected chi connectivity index (χ2v) is 2.33. The van der Waals surface area contributed by atoms with Crippen molar-refractivity contribution < 1.29 is 5.73 Å². The Labute approximate surface area is 54.5 Å². The molecule has 50 valence electrons. The molecule has 0 aromatic carbocycles. The summed E-state index contributed by atoms with van der Waals surface area (Å²) in [6, 6.07) is 2.35. The zero-order valence-corrected chi connectivity index (χ0v) is 5.62. The number of quaternary nitrogens is 1. The summed E-state index contributed by atoms with van der Waals surface area (Å²) >= 11 is 0. The van der Waals surface area contributed by atoms with Crippen LogP contribution in [0.25, 0.3) is 0 Å². The van der Waals surface area contributed by atoms with Crippen LogP contribution in [0.3, 0.4) is 0 Å². The van der Waals surface area contributed by atoms with Crippen molar-refractivity contribution in [1.82, 2.24) is 9.78 Å². The van der Waals surface area contributed by atoms with Crippen molar-refractivity contribution in [2.75, 3.05) is 0 Å². The van der Waals surface area contributed by atoms with Gasteiger partial charge in [-0.1, -0.05) is 0 Å². The highest BCUT2D eigenvalue weighted by Crippen LogP contribution is 1.84. The van der Waals surface area contributed by atoms with Crippen LogP contribution in [0.2, 0.25) is 0 Å². The minimum Gasteiger partial charge on any atom is -0.354 e. The van der Waals surface area contributed by atoms with Gasteiger partial charge in [0.1, 0.15) is 6.04 Å². The summed E-state index contributed by atoms with van der Waals surface area (Å²) in [7, 11) is 0. The first kappa shape index (κ1) is 6.29. The van der Waals surface area contributed by atoms with Gasteiger partial charge in [0, 0.05) is 12.4 Å². The van der Waals surface area contributed by atoms with Crippen molar-refractivity contribution in [3.8, 4) is 0 Å². The van der Waals surface area contributed by atoms with Crippen molar-refractivity contribution in [3.63, 3.8) is 0 Å². The fourth-order valence-electron chi connectivity index (χ4n) is 0.728. The van der Waals surface area contributed by atoms with E-state index in [1.807, 2.05) is 16.9 Å². The average Bonchev–Trinajstić information content (AvgIpc) is 2.15. The number of hydrogen-bond acceptors (Lipinski definition) is 1. The molecule has 1 heterocycles. The van der Waals surface area contributed by atoms with Crippen molar-refractivity contribution in [3.05, 3.63) is 18.5 Å². The maximum absolute atomic E-state index is 4.03. The van der Waals surface area contributed by atoms with Crippen LogP contribution in [-0.2, 0) is 6.54 Å². The molecule has 0 spiro atoms. The molecule has 1 aromatic heterocycles. The van der Waals surface area contributed by atoms with Gasteiger partial charge in [-0.05, 0) is 13.0 Å². The van der Waals surface area contributed by atoms with Gasteiger partial charge in [0.2, 0.25) is 0 Å². The Balaban J connectivity index is 2.48. The van der Waals surface area contributed by atoms with Gasteiger partial charge in [-0.25, -0.2) is 0 Å². The molecule has 0 unspecified atom stereocenters. The molecule has 3 N–H and O–H groups in total. The number of hydrogen-bond donors (Lipinski definition) is 1. The Bertz CT molecular complexity index is 155. The standard InChI is InChI=1S/C6H11N3/c1-6(7)5-9-4-2-3-8-9/h2-4,6H,5,7H2,1H3/p+1/t6-/m0/s1. The van der Waals surface area contributed by atoms with Gasteiger partial charge < -0.3 is 5.73 Å². The molecule has 0 aliphatic heterocycles. The zero-order chi connectivity index (χ0) is 6.69. The van der Waals surface area contributed by atoms with E-state index in [0.717, 1.165) is 6.54 Å². The number of aromatic nitrogens is 2. The molecule has 0 saturated carbocycles. The maximum atomic E-state index is 4.03. The fraction of sp³-hybridized carbons (Fsp3) is 0.500. The van der Waals surface area contributed by atoms with Gasteiger partial charge in [0.15, 0.2) is 0 Å². The molecule has 1 aromatic rings. The molecular formula is C6H12N3+. The van der Waals surface area contributed by atoms with Gasteiger partial charge in [-0.3, -0.25) is 4.68 Å². The van der Waals surface area contributed by atoms with Crippen LogP contribution in [0.4, 0.5) is 0 Å². The Morgan fingerprint density at radius 2 is 2.56 bits per heavy atom. The molecule has 1 rings (SSSR count). The SMILES string of the molecule is C[C@H]([NH3+])Cn1cccn1. The normalized spacial score (nSPS) is 13.6. The highest BCUT2D eigenvalue weighted by atomic mass is 15.3. The van der Waals surface area contributed by atoms with E-state index in [0.29, 0.717) is 6.04 Å². The van der Waals surface area contributed by atoms with Gasteiger partial charge in [0.25, 0.3) is 0 Å². The molecule has 0 radical (unpaired) electrons. The molecule has 3 heteroatoms. The van der Waals surface area contributed by atoms with Crippen LogP contribution in [-0.4, -0.2) is 15.8 Å². The summed E-state index contributed by atoms with van der Waals surface area (Å²) in [4.78, 5) is 0. The third-order valence-corrected chi connectivity index (χ3v) is 1.06. The average molecular weight is 126 g/mol. The lowest BCUT2D eigenvalue weighted by Gasteiger charge is -1.99. The largest absolute Gasteiger partial charge is 0.354 e. The number of rotatable bonds is 2. The summed E-state index contributed by atoms with van der Waals surface area (Å²) in [6.45, 7) is 2.98. The van der Waals surface area contributed by atoms with E-state index in [2.05, 4.69) is 17.8 Å². The monoisotopic (exact) mass is 126 g/mol. The summed E-state index contributed by atoms with van der Waals surface area (Å²) in [6.07, 6.45) is 3.73. The van der Waals surface area contributed by atoms with Crippen LogP contribution in [0, 0.1) is 0 Å². The molecular weight excluding hydrogens is 114 g/mol. The highest BCUT2D eigenvalue weighted by Gasteiger charge is 1.96. The van der Waals surface area contributed by atoms with Gasteiger partial charge in [0.05, 0.1) is 6.54 Å². The predicted molar refractivity (Wildman–Crippen MR) is 34.6 cm³/mol. The molecule has 1 atom stereocenters. The Kier molecular flexibility index (Phi) is 1.85. The smallest absolute Gasteiger partial charge is 0.101 e. The maximum Gasteiger partial charge on any atom is 0.101 e. The summed E-state index contributed by atoms with van der Waals surface area (Å²) in [5.41, 5.74) is 3.85. The molecule has 0 bridgehead atoms. The van der Waals surface area contributed by atoms with Crippen LogP contribution in [0.15, 0.2) is 18.5 Å². The Morgan fingerprint density at radius 3 is 3.00 bits per heavy atom. The molecule has 0 aliphatic carbocycles. The van der Waals surface area contributed by atoms with E-state index >= 15 is 0 Å². The van der Waals surface area contributed by atoms with Gasteiger partial charge >= 0.3 is 0 Å². The quantitative estimate of drug-likeness (QED) is 0.571. The van der Waals surface area contributed by atoms with Gasteiger partial charge in [-0.15, -0.1) is 0 Å². The minimum atomic E-state index is 0.435. The van der Waals surface area contributed by atoms with E-state index < -0.39 is 0 Å². The van der Waals surface area contributed by atoms with Gasteiger partial charge in [-0.2, -0.15) is 5.10 Å².